The van der Waals surface area contributed by atoms with Crippen LogP contribution < -0.4 is 15.2 Å². The van der Waals surface area contributed by atoms with Crippen LogP contribution in [-0.2, 0) is 4.74 Å². The lowest BCUT2D eigenvalue weighted by atomic mass is 10.0. The molecule has 2 heterocycles. The molecule has 1 aromatic heterocycles. The van der Waals surface area contributed by atoms with E-state index >= 15 is 0 Å². The lowest BCUT2D eigenvalue weighted by Crippen LogP contribution is -2.22. The molecule has 0 bridgehead atoms. The Morgan fingerprint density at radius 1 is 1.21 bits per heavy atom. The predicted molar refractivity (Wildman–Crippen MR) is 69.0 cm³/mol. The summed E-state index contributed by atoms with van der Waals surface area (Å²) in [7, 11) is 0. The Hall–Kier alpha value is -1.63. The van der Waals surface area contributed by atoms with E-state index in [2.05, 4.69) is 15.0 Å². The first kappa shape index (κ1) is 13.8. The molecular formula is C12H20N4O3. The highest BCUT2D eigenvalue weighted by atomic mass is 16.5. The second kappa shape index (κ2) is 6.51. The molecule has 106 valence electrons. The number of hydrogen-bond acceptors (Lipinski definition) is 7. The summed E-state index contributed by atoms with van der Waals surface area (Å²) in [6, 6.07) is 0.416. The molecule has 1 aromatic rings. The molecule has 0 saturated carbocycles. The Labute approximate surface area is 112 Å². The summed E-state index contributed by atoms with van der Waals surface area (Å²) in [5.41, 5.74) is 5.60. The van der Waals surface area contributed by atoms with E-state index in [0.717, 1.165) is 26.1 Å². The van der Waals surface area contributed by atoms with Crippen LogP contribution in [0.5, 0.6) is 12.0 Å². The van der Waals surface area contributed by atoms with Gasteiger partial charge in [0.25, 0.3) is 0 Å². The number of hydrogen-bond donors (Lipinski definition) is 1. The molecule has 0 aromatic carbocycles. The topological polar surface area (TPSA) is 92.4 Å². The maximum atomic E-state index is 5.60. The van der Waals surface area contributed by atoms with Gasteiger partial charge in [0.15, 0.2) is 0 Å². The lowest BCUT2D eigenvalue weighted by Gasteiger charge is -2.21. The van der Waals surface area contributed by atoms with Crippen LogP contribution >= 0.6 is 0 Å². The van der Waals surface area contributed by atoms with Gasteiger partial charge in [0, 0.05) is 13.2 Å². The van der Waals surface area contributed by atoms with Crippen molar-refractivity contribution in [2.45, 2.75) is 32.8 Å². The summed E-state index contributed by atoms with van der Waals surface area (Å²) < 4.78 is 16.3. The molecule has 2 N–H and O–H groups in total. The Bertz CT molecular complexity index is 408. The molecule has 0 atom stereocenters. The highest BCUT2D eigenvalue weighted by molar-refractivity contribution is 5.20. The van der Waals surface area contributed by atoms with Crippen LogP contribution in [0.25, 0.3) is 0 Å². The molecule has 1 aliphatic rings. The molecular weight excluding hydrogens is 248 g/mol. The van der Waals surface area contributed by atoms with Crippen LogP contribution in [0.2, 0.25) is 0 Å². The van der Waals surface area contributed by atoms with Gasteiger partial charge >= 0.3 is 12.0 Å². The number of nitrogens with two attached hydrogens (primary N) is 1. The first-order chi connectivity index (χ1) is 9.13. The Morgan fingerprint density at radius 3 is 2.58 bits per heavy atom. The van der Waals surface area contributed by atoms with Crippen LogP contribution in [0.4, 0.5) is 5.95 Å². The molecule has 0 spiro atoms. The van der Waals surface area contributed by atoms with E-state index in [1.54, 1.807) is 0 Å². The van der Waals surface area contributed by atoms with Crippen molar-refractivity contribution in [2.24, 2.45) is 5.92 Å². The van der Waals surface area contributed by atoms with Gasteiger partial charge in [0.05, 0.1) is 12.7 Å². The minimum atomic E-state index is -0.0230. The third kappa shape index (κ3) is 4.51. The van der Waals surface area contributed by atoms with E-state index in [4.69, 9.17) is 19.9 Å². The molecule has 0 unspecified atom stereocenters. The fourth-order valence-electron chi connectivity index (χ4n) is 1.79. The molecule has 7 nitrogen and oxygen atoms in total. The van der Waals surface area contributed by atoms with Crippen molar-refractivity contribution in [3.63, 3.8) is 0 Å². The molecule has 1 saturated heterocycles. The normalized spacial score (nSPS) is 16.6. The molecule has 1 fully saturated rings. The highest BCUT2D eigenvalue weighted by Crippen LogP contribution is 2.17. The van der Waals surface area contributed by atoms with Crippen molar-refractivity contribution in [3.8, 4) is 12.0 Å². The van der Waals surface area contributed by atoms with Crippen LogP contribution in [0.15, 0.2) is 0 Å². The van der Waals surface area contributed by atoms with Gasteiger partial charge in [-0.3, -0.25) is 0 Å². The van der Waals surface area contributed by atoms with Crippen molar-refractivity contribution in [3.05, 3.63) is 0 Å². The van der Waals surface area contributed by atoms with Gasteiger partial charge in [0.1, 0.15) is 0 Å². The van der Waals surface area contributed by atoms with Crippen LogP contribution in [-0.4, -0.2) is 40.9 Å². The third-order valence-corrected chi connectivity index (χ3v) is 2.74. The fraction of sp³-hybridized carbons (Fsp3) is 0.750. The third-order valence-electron chi connectivity index (χ3n) is 2.74. The molecule has 0 amide bonds. The highest BCUT2D eigenvalue weighted by Gasteiger charge is 2.16. The Balaban J connectivity index is 1.93. The quantitative estimate of drug-likeness (QED) is 0.853. The van der Waals surface area contributed by atoms with E-state index in [0.29, 0.717) is 12.5 Å². The van der Waals surface area contributed by atoms with Gasteiger partial charge in [-0.15, -0.1) is 4.98 Å². The summed E-state index contributed by atoms with van der Waals surface area (Å²) in [5, 5.41) is 0. The molecule has 2 rings (SSSR count). The van der Waals surface area contributed by atoms with Gasteiger partial charge in [-0.1, -0.05) is 0 Å². The smallest absolute Gasteiger partial charge is 0.324 e. The van der Waals surface area contributed by atoms with Crippen molar-refractivity contribution < 1.29 is 14.2 Å². The fourth-order valence-corrected chi connectivity index (χ4v) is 1.79. The van der Waals surface area contributed by atoms with Crippen molar-refractivity contribution >= 4 is 5.95 Å². The van der Waals surface area contributed by atoms with Crippen molar-refractivity contribution in [1.29, 1.82) is 0 Å². The van der Waals surface area contributed by atoms with Gasteiger partial charge in [-0.25, -0.2) is 0 Å². The van der Waals surface area contributed by atoms with Crippen LogP contribution in [0.3, 0.4) is 0 Å². The van der Waals surface area contributed by atoms with E-state index in [-0.39, 0.29) is 24.1 Å². The number of nitrogens with zero attached hydrogens (tertiary/aromatic N) is 3. The maximum absolute atomic E-state index is 5.60. The first-order valence-corrected chi connectivity index (χ1v) is 6.52. The van der Waals surface area contributed by atoms with Crippen molar-refractivity contribution in [2.75, 3.05) is 25.6 Å². The number of aromatic nitrogens is 3. The number of anilines is 1. The van der Waals surface area contributed by atoms with E-state index in [9.17, 15) is 0 Å². The number of ether oxygens (including phenoxy) is 3. The summed E-state index contributed by atoms with van der Waals surface area (Å²) >= 11 is 0. The molecule has 0 aliphatic carbocycles. The van der Waals surface area contributed by atoms with Gasteiger partial charge in [0.2, 0.25) is 5.95 Å². The summed E-state index contributed by atoms with van der Waals surface area (Å²) in [5.74, 6) is 0.578. The zero-order valence-corrected chi connectivity index (χ0v) is 11.3. The number of rotatable bonds is 5. The Kier molecular flexibility index (Phi) is 4.73. The monoisotopic (exact) mass is 268 g/mol. The second-order valence-corrected chi connectivity index (χ2v) is 4.79. The maximum Gasteiger partial charge on any atom is 0.324 e. The SMILES string of the molecule is CC(C)Oc1nc(N)nc(OCC2CCOCC2)n1. The van der Waals surface area contributed by atoms with Gasteiger partial charge in [-0.05, 0) is 32.6 Å². The largest absolute Gasteiger partial charge is 0.463 e. The summed E-state index contributed by atoms with van der Waals surface area (Å²) in [6.45, 7) is 5.92. The minimum absolute atomic E-state index is 0.0230. The first-order valence-electron chi connectivity index (χ1n) is 6.52. The van der Waals surface area contributed by atoms with E-state index in [1.165, 1.54) is 0 Å². The second-order valence-electron chi connectivity index (χ2n) is 4.79. The standard InChI is InChI=1S/C12H20N4O3/c1-8(2)19-12-15-10(13)14-11(16-12)18-7-9-3-5-17-6-4-9/h8-9H,3-7H2,1-2H3,(H2,13,14,15,16). The van der Waals surface area contributed by atoms with Crippen LogP contribution in [0.1, 0.15) is 26.7 Å². The average Bonchev–Trinajstić information content (AvgIpc) is 2.36. The molecule has 19 heavy (non-hydrogen) atoms. The summed E-state index contributed by atoms with van der Waals surface area (Å²) in [6.07, 6.45) is 1.97. The minimum Gasteiger partial charge on any atom is -0.463 e. The predicted octanol–water partition coefficient (Wildman–Crippen LogP) is 1.05. The molecule has 7 heteroatoms. The van der Waals surface area contributed by atoms with E-state index < -0.39 is 0 Å². The van der Waals surface area contributed by atoms with E-state index in [1.807, 2.05) is 13.8 Å². The molecule has 1 aliphatic heterocycles. The molecule has 0 radical (unpaired) electrons. The van der Waals surface area contributed by atoms with Crippen LogP contribution in [0, 0.1) is 5.92 Å². The van der Waals surface area contributed by atoms with Gasteiger partial charge < -0.3 is 19.9 Å². The summed E-state index contributed by atoms with van der Waals surface area (Å²) in [4.78, 5) is 11.9. The lowest BCUT2D eigenvalue weighted by molar-refractivity contribution is 0.0480. The van der Waals surface area contributed by atoms with Gasteiger partial charge in [-0.2, -0.15) is 9.97 Å². The Morgan fingerprint density at radius 2 is 1.89 bits per heavy atom. The average molecular weight is 268 g/mol. The zero-order valence-electron chi connectivity index (χ0n) is 11.3. The number of nitrogen functional groups attached to an aromatic ring is 1. The zero-order chi connectivity index (χ0) is 13.7. The van der Waals surface area contributed by atoms with Crippen molar-refractivity contribution in [1.82, 2.24) is 15.0 Å².